The second kappa shape index (κ2) is 4.47. The average molecular weight is 278 g/mol. The lowest BCUT2D eigenvalue weighted by Gasteiger charge is -2.17. The Labute approximate surface area is 111 Å². The van der Waals surface area contributed by atoms with E-state index >= 15 is 0 Å². The van der Waals surface area contributed by atoms with Crippen molar-refractivity contribution in [3.63, 3.8) is 0 Å². The second-order valence-electron chi connectivity index (χ2n) is 4.74. The van der Waals surface area contributed by atoms with E-state index in [0.29, 0.717) is 5.82 Å². The van der Waals surface area contributed by atoms with E-state index in [9.17, 15) is 13.5 Å². The smallest absolute Gasteiger partial charge is 0.155 e. The van der Waals surface area contributed by atoms with Gasteiger partial charge in [-0.25, -0.2) is 13.4 Å². The molecule has 1 aromatic carbocycles. The van der Waals surface area contributed by atoms with Gasteiger partial charge in [0.05, 0.1) is 23.7 Å². The molecule has 0 radical (unpaired) electrons. The Balaban J connectivity index is 2.02. The lowest BCUT2D eigenvalue weighted by Crippen LogP contribution is -2.22. The third kappa shape index (κ3) is 2.29. The first kappa shape index (κ1) is 12.4. The van der Waals surface area contributed by atoms with Crippen LogP contribution in [0.1, 0.15) is 6.04 Å². The predicted molar refractivity (Wildman–Crippen MR) is 71.4 cm³/mol. The lowest BCUT2D eigenvalue weighted by molar-refractivity contribution is 0.154. The molecule has 6 heteroatoms. The molecule has 19 heavy (non-hydrogen) atoms. The summed E-state index contributed by atoms with van der Waals surface area (Å²) in [5, 5.41) is 9.94. The van der Waals surface area contributed by atoms with Crippen LogP contribution in [0.25, 0.3) is 11.4 Å². The largest absolute Gasteiger partial charge is 0.390 e. The average Bonchev–Trinajstić information content (AvgIpc) is 2.94. The van der Waals surface area contributed by atoms with Gasteiger partial charge in [0, 0.05) is 18.0 Å². The van der Waals surface area contributed by atoms with Crippen LogP contribution in [0.5, 0.6) is 0 Å². The second-order valence-corrected chi connectivity index (χ2v) is 6.89. The number of aliphatic hydroxyl groups excluding tert-OH is 1. The van der Waals surface area contributed by atoms with Crippen LogP contribution in [0.2, 0.25) is 0 Å². The van der Waals surface area contributed by atoms with Gasteiger partial charge < -0.3 is 9.67 Å². The van der Waals surface area contributed by atoms with Gasteiger partial charge in [0.1, 0.15) is 5.82 Å². The van der Waals surface area contributed by atoms with Crippen molar-refractivity contribution in [3.8, 4) is 11.4 Å². The number of aliphatic hydroxyl groups is 1. The van der Waals surface area contributed by atoms with Crippen LogP contribution in [-0.4, -0.2) is 40.7 Å². The first-order valence-corrected chi connectivity index (χ1v) is 7.86. The number of nitrogens with zero attached hydrogens (tertiary/aromatic N) is 2. The number of benzene rings is 1. The van der Waals surface area contributed by atoms with E-state index in [4.69, 9.17) is 0 Å². The summed E-state index contributed by atoms with van der Waals surface area (Å²) in [4.78, 5) is 4.27. The summed E-state index contributed by atoms with van der Waals surface area (Å²) >= 11 is 0. The highest BCUT2D eigenvalue weighted by Crippen LogP contribution is 2.28. The van der Waals surface area contributed by atoms with E-state index in [2.05, 4.69) is 4.98 Å². The molecule has 0 amide bonds. The topological polar surface area (TPSA) is 72.2 Å². The van der Waals surface area contributed by atoms with Crippen LogP contribution >= 0.6 is 0 Å². The Morgan fingerprint density at radius 1 is 1.21 bits per heavy atom. The third-order valence-corrected chi connectivity index (χ3v) is 5.05. The van der Waals surface area contributed by atoms with E-state index in [-0.39, 0.29) is 11.5 Å². The van der Waals surface area contributed by atoms with Crippen molar-refractivity contribution in [2.45, 2.75) is 12.1 Å². The molecule has 1 fully saturated rings. The van der Waals surface area contributed by atoms with Gasteiger partial charge in [-0.05, 0) is 0 Å². The zero-order chi connectivity index (χ0) is 13.5. The van der Waals surface area contributed by atoms with Gasteiger partial charge in [-0.3, -0.25) is 0 Å². The van der Waals surface area contributed by atoms with Gasteiger partial charge in [-0.15, -0.1) is 0 Å². The number of aromatic nitrogens is 2. The van der Waals surface area contributed by atoms with Crippen molar-refractivity contribution >= 4 is 9.84 Å². The molecule has 1 aliphatic rings. The molecule has 2 atom stereocenters. The first-order chi connectivity index (χ1) is 9.07. The standard InChI is InChI=1S/C13H14N2O3S/c16-12-9-19(17,18)8-11(12)15-7-6-14-13(15)10-4-2-1-3-5-10/h1-7,11-12,16H,8-9H2. The Bertz CT molecular complexity index is 679. The molecule has 2 unspecified atom stereocenters. The van der Waals surface area contributed by atoms with Gasteiger partial charge in [-0.2, -0.15) is 0 Å². The fraction of sp³-hybridized carbons (Fsp3) is 0.308. The van der Waals surface area contributed by atoms with Gasteiger partial charge >= 0.3 is 0 Å². The maximum absolute atomic E-state index is 11.6. The first-order valence-electron chi connectivity index (χ1n) is 6.03. The summed E-state index contributed by atoms with van der Waals surface area (Å²) in [5.74, 6) is 0.468. The molecular weight excluding hydrogens is 264 g/mol. The molecule has 100 valence electrons. The van der Waals surface area contributed by atoms with E-state index in [1.54, 1.807) is 17.0 Å². The van der Waals surface area contributed by atoms with Gasteiger partial charge in [-0.1, -0.05) is 30.3 Å². The molecule has 2 aromatic rings. The van der Waals surface area contributed by atoms with Crippen LogP contribution in [0.15, 0.2) is 42.7 Å². The van der Waals surface area contributed by atoms with Gasteiger partial charge in [0.25, 0.3) is 0 Å². The van der Waals surface area contributed by atoms with Crippen LogP contribution in [0.3, 0.4) is 0 Å². The van der Waals surface area contributed by atoms with Crippen molar-refractivity contribution in [2.24, 2.45) is 0 Å². The molecule has 2 heterocycles. The zero-order valence-corrected chi connectivity index (χ0v) is 11.0. The van der Waals surface area contributed by atoms with Crippen LogP contribution in [0, 0.1) is 0 Å². The highest BCUT2D eigenvalue weighted by atomic mass is 32.2. The molecule has 3 rings (SSSR count). The summed E-state index contributed by atoms with van der Waals surface area (Å²) in [6.07, 6.45) is 2.47. The van der Waals surface area contributed by atoms with Crippen molar-refractivity contribution in [1.29, 1.82) is 0 Å². The quantitative estimate of drug-likeness (QED) is 0.885. The fourth-order valence-corrected chi connectivity index (χ4v) is 4.25. The molecule has 1 saturated heterocycles. The minimum Gasteiger partial charge on any atom is -0.390 e. The summed E-state index contributed by atoms with van der Waals surface area (Å²) in [7, 11) is -3.17. The van der Waals surface area contributed by atoms with Crippen molar-refractivity contribution in [1.82, 2.24) is 9.55 Å². The molecule has 0 bridgehead atoms. The molecule has 1 aromatic heterocycles. The lowest BCUT2D eigenvalue weighted by atomic mass is 10.1. The molecule has 5 nitrogen and oxygen atoms in total. The van der Waals surface area contributed by atoms with E-state index < -0.39 is 22.0 Å². The van der Waals surface area contributed by atoms with Crippen molar-refractivity contribution < 1.29 is 13.5 Å². The maximum atomic E-state index is 11.6. The molecule has 0 aliphatic carbocycles. The van der Waals surface area contributed by atoms with Gasteiger partial charge in [0.2, 0.25) is 0 Å². The Kier molecular flexibility index (Phi) is 2.91. The minimum absolute atomic E-state index is 0.0373. The number of imidazole rings is 1. The Hall–Kier alpha value is -1.66. The monoisotopic (exact) mass is 278 g/mol. The number of hydrogen-bond acceptors (Lipinski definition) is 4. The van der Waals surface area contributed by atoms with E-state index in [1.165, 1.54) is 0 Å². The van der Waals surface area contributed by atoms with Gasteiger partial charge in [0.15, 0.2) is 9.84 Å². The Morgan fingerprint density at radius 3 is 2.58 bits per heavy atom. The van der Waals surface area contributed by atoms with Crippen LogP contribution < -0.4 is 0 Å². The molecule has 1 N–H and O–H groups in total. The van der Waals surface area contributed by atoms with Crippen molar-refractivity contribution in [2.75, 3.05) is 11.5 Å². The zero-order valence-electron chi connectivity index (χ0n) is 10.2. The minimum atomic E-state index is -3.17. The van der Waals surface area contributed by atoms with Crippen LogP contribution in [0.4, 0.5) is 0 Å². The molecular formula is C13H14N2O3S. The normalized spacial score (nSPS) is 25.5. The van der Waals surface area contributed by atoms with E-state index in [1.807, 2.05) is 30.3 Å². The highest BCUT2D eigenvalue weighted by Gasteiger charge is 2.38. The molecule has 1 aliphatic heterocycles. The predicted octanol–water partition coefficient (Wildman–Crippen LogP) is 0.880. The maximum Gasteiger partial charge on any atom is 0.155 e. The summed E-state index contributed by atoms with van der Waals surface area (Å²) < 4.78 is 25.0. The number of sulfone groups is 1. The number of rotatable bonds is 2. The summed E-state index contributed by atoms with van der Waals surface area (Å²) in [6.45, 7) is 0. The summed E-state index contributed by atoms with van der Waals surface area (Å²) in [6, 6.07) is 9.07. The van der Waals surface area contributed by atoms with Crippen molar-refractivity contribution in [3.05, 3.63) is 42.7 Å². The molecule has 0 spiro atoms. The fourth-order valence-electron chi connectivity index (χ4n) is 2.47. The molecule has 0 saturated carbocycles. The number of hydrogen-bond donors (Lipinski definition) is 1. The Morgan fingerprint density at radius 2 is 1.95 bits per heavy atom. The highest BCUT2D eigenvalue weighted by molar-refractivity contribution is 7.91. The summed E-state index contributed by atoms with van der Waals surface area (Å²) in [5.41, 5.74) is 0.906. The van der Waals surface area contributed by atoms with E-state index in [0.717, 1.165) is 5.56 Å². The van der Waals surface area contributed by atoms with Crippen LogP contribution in [-0.2, 0) is 9.84 Å². The SMILES string of the molecule is O=S1(=O)CC(O)C(n2ccnc2-c2ccccc2)C1. The third-order valence-electron chi connectivity index (χ3n) is 3.35.